The largest absolute Gasteiger partial charge is 0.296 e. The van der Waals surface area contributed by atoms with Crippen LogP contribution in [0.2, 0.25) is 0 Å². The smallest absolute Gasteiger partial charge is 0.0356 e. The summed E-state index contributed by atoms with van der Waals surface area (Å²) >= 11 is 0. The van der Waals surface area contributed by atoms with Crippen LogP contribution in [0.5, 0.6) is 0 Å². The Morgan fingerprint density at radius 1 is 1.08 bits per heavy atom. The Balaban J connectivity index is 2.95. The predicted octanol–water partition coefficient (Wildman–Crippen LogP) is 1.18. The van der Waals surface area contributed by atoms with Crippen molar-refractivity contribution in [1.82, 2.24) is 4.98 Å². The predicted molar refractivity (Wildman–Crippen MR) is 51.3 cm³/mol. The lowest BCUT2D eigenvalue weighted by molar-refractivity contribution is 1.30. The highest BCUT2D eigenvalue weighted by Gasteiger charge is 1.89. The molecule has 0 aliphatic carbocycles. The molecule has 0 amide bonds. The van der Waals surface area contributed by atoms with Crippen LogP contribution in [0.15, 0.2) is 28.4 Å². The molecule has 0 radical (unpaired) electrons. The number of hydrogen-bond donors (Lipinski definition) is 0. The molecule has 62 valence electrons. The Kier molecular flexibility index (Phi) is 3.14. The first-order valence-electron chi connectivity index (χ1n) is 3.66. The third-order valence-electron chi connectivity index (χ3n) is 1.34. The van der Waals surface area contributed by atoms with Crippen LogP contribution in [0.25, 0.3) is 0 Å². The topological polar surface area (TPSA) is 37.6 Å². The molecule has 1 aromatic rings. The highest BCUT2D eigenvalue weighted by molar-refractivity contribution is 5.85. The maximum atomic E-state index is 4.04. The molecule has 0 aliphatic heterocycles. The van der Waals surface area contributed by atoms with Crippen LogP contribution in [-0.4, -0.2) is 31.5 Å². The van der Waals surface area contributed by atoms with Crippen LogP contribution in [0.3, 0.4) is 0 Å². The Hall–Kier alpha value is -1.51. The molecule has 0 aliphatic rings. The van der Waals surface area contributed by atoms with Gasteiger partial charge in [-0.3, -0.25) is 15.0 Å². The van der Waals surface area contributed by atoms with Gasteiger partial charge in [0.25, 0.3) is 0 Å². The normalized spacial score (nSPS) is 11.5. The number of rotatable bonds is 2. The Morgan fingerprint density at radius 2 is 1.58 bits per heavy atom. The van der Waals surface area contributed by atoms with Gasteiger partial charge in [-0.05, 0) is 6.07 Å². The van der Waals surface area contributed by atoms with Crippen molar-refractivity contribution in [1.29, 1.82) is 0 Å². The second kappa shape index (κ2) is 4.38. The minimum atomic E-state index is 0.995. The van der Waals surface area contributed by atoms with E-state index in [1.54, 1.807) is 38.9 Å². The van der Waals surface area contributed by atoms with Gasteiger partial charge in [-0.15, -0.1) is 0 Å². The number of aliphatic imine (C=N–C) groups is 2. The molecule has 0 unspecified atom stereocenters. The third kappa shape index (κ3) is 2.27. The molecule has 0 N–H and O–H groups in total. The molecule has 0 aromatic carbocycles. The average Bonchev–Trinajstić information content (AvgIpc) is 2.06. The van der Waals surface area contributed by atoms with Gasteiger partial charge in [0.05, 0.1) is 0 Å². The van der Waals surface area contributed by atoms with E-state index in [2.05, 4.69) is 15.0 Å². The first kappa shape index (κ1) is 8.59. The molecule has 1 rings (SSSR count). The monoisotopic (exact) mass is 161 g/mol. The Labute approximate surface area is 71.9 Å². The standard InChI is InChI=1S/C9H11N3/c1-10-4-8-3-9(5-11-2)7-12-6-8/h3-7H,1-2H3/b10-4+,11-5+. The number of pyridine rings is 1. The average molecular weight is 161 g/mol. The minimum absolute atomic E-state index is 0.995. The van der Waals surface area contributed by atoms with E-state index >= 15 is 0 Å². The molecule has 0 saturated heterocycles. The van der Waals surface area contributed by atoms with Crippen LogP contribution in [0.1, 0.15) is 11.1 Å². The second-order valence-electron chi connectivity index (χ2n) is 2.33. The van der Waals surface area contributed by atoms with Gasteiger partial charge in [-0.1, -0.05) is 0 Å². The molecule has 1 aromatic heterocycles. The van der Waals surface area contributed by atoms with Crippen molar-refractivity contribution in [2.75, 3.05) is 14.1 Å². The van der Waals surface area contributed by atoms with E-state index in [-0.39, 0.29) is 0 Å². The summed E-state index contributed by atoms with van der Waals surface area (Å²) in [6.45, 7) is 0. The summed E-state index contributed by atoms with van der Waals surface area (Å²) < 4.78 is 0. The van der Waals surface area contributed by atoms with Crippen molar-refractivity contribution in [3.8, 4) is 0 Å². The van der Waals surface area contributed by atoms with E-state index in [1.165, 1.54) is 0 Å². The van der Waals surface area contributed by atoms with Crippen molar-refractivity contribution >= 4 is 12.4 Å². The van der Waals surface area contributed by atoms with E-state index in [0.717, 1.165) is 11.1 Å². The van der Waals surface area contributed by atoms with Gasteiger partial charge in [-0.25, -0.2) is 0 Å². The number of aromatic nitrogens is 1. The molecular formula is C9H11N3. The lowest BCUT2D eigenvalue weighted by Gasteiger charge is -1.93. The molecule has 1 heterocycles. The number of hydrogen-bond acceptors (Lipinski definition) is 3. The second-order valence-corrected chi connectivity index (χ2v) is 2.33. The van der Waals surface area contributed by atoms with E-state index in [4.69, 9.17) is 0 Å². The first-order chi connectivity index (χ1) is 5.86. The van der Waals surface area contributed by atoms with Gasteiger partial charge >= 0.3 is 0 Å². The quantitative estimate of drug-likeness (QED) is 0.600. The molecule has 0 fully saturated rings. The SMILES string of the molecule is C/N=C/c1cncc(/C=N/C)c1. The Morgan fingerprint density at radius 3 is 2.00 bits per heavy atom. The fraction of sp³-hybridized carbons (Fsp3) is 0.222. The molecular weight excluding hydrogens is 150 g/mol. The van der Waals surface area contributed by atoms with E-state index < -0.39 is 0 Å². The summed E-state index contributed by atoms with van der Waals surface area (Å²) in [6, 6.07) is 1.98. The van der Waals surface area contributed by atoms with Crippen molar-refractivity contribution in [3.05, 3.63) is 29.6 Å². The van der Waals surface area contributed by atoms with Gasteiger partial charge in [0.15, 0.2) is 0 Å². The van der Waals surface area contributed by atoms with E-state index in [1.807, 2.05) is 6.07 Å². The molecule has 0 saturated carbocycles. The summed E-state index contributed by atoms with van der Waals surface area (Å²) in [5, 5.41) is 0. The molecule has 3 nitrogen and oxygen atoms in total. The van der Waals surface area contributed by atoms with Crippen molar-refractivity contribution in [3.63, 3.8) is 0 Å². The van der Waals surface area contributed by atoms with Crippen LogP contribution in [0, 0.1) is 0 Å². The van der Waals surface area contributed by atoms with Crippen molar-refractivity contribution < 1.29 is 0 Å². The van der Waals surface area contributed by atoms with E-state index in [0.29, 0.717) is 0 Å². The van der Waals surface area contributed by atoms with Crippen LogP contribution >= 0.6 is 0 Å². The van der Waals surface area contributed by atoms with Crippen LogP contribution in [0.4, 0.5) is 0 Å². The number of nitrogens with zero attached hydrogens (tertiary/aromatic N) is 3. The van der Waals surface area contributed by atoms with Gasteiger partial charge in [0.1, 0.15) is 0 Å². The van der Waals surface area contributed by atoms with E-state index in [9.17, 15) is 0 Å². The first-order valence-corrected chi connectivity index (χ1v) is 3.66. The fourth-order valence-corrected chi connectivity index (χ4v) is 0.916. The van der Waals surface area contributed by atoms with Crippen molar-refractivity contribution in [2.24, 2.45) is 9.98 Å². The third-order valence-corrected chi connectivity index (χ3v) is 1.34. The lowest BCUT2D eigenvalue weighted by atomic mass is 10.2. The maximum Gasteiger partial charge on any atom is 0.0356 e. The molecule has 0 bridgehead atoms. The minimum Gasteiger partial charge on any atom is -0.296 e. The highest BCUT2D eigenvalue weighted by Crippen LogP contribution is 1.97. The molecule has 0 spiro atoms. The summed E-state index contributed by atoms with van der Waals surface area (Å²) in [6.07, 6.45) is 7.06. The zero-order chi connectivity index (χ0) is 8.81. The molecule has 12 heavy (non-hydrogen) atoms. The summed E-state index contributed by atoms with van der Waals surface area (Å²) in [5.74, 6) is 0. The van der Waals surface area contributed by atoms with Gasteiger partial charge in [0.2, 0.25) is 0 Å². The van der Waals surface area contributed by atoms with Gasteiger partial charge in [-0.2, -0.15) is 0 Å². The van der Waals surface area contributed by atoms with Gasteiger partial charge < -0.3 is 0 Å². The molecule has 0 atom stereocenters. The zero-order valence-electron chi connectivity index (χ0n) is 7.23. The Bertz CT molecular complexity index is 275. The molecule has 3 heteroatoms. The van der Waals surface area contributed by atoms with Crippen LogP contribution in [-0.2, 0) is 0 Å². The zero-order valence-corrected chi connectivity index (χ0v) is 7.23. The highest BCUT2D eigenvalue weighted by atomic mass is 14.7. The maximum absolute atomic E-state index is 4.04. The van der Waals surface area contributed by atoms with Crippen LogP contribution < -0.4 is 0 Å². The fourth-order valence-electron chi connectivity index (χ4n) is 0.916. The summed E-state index contributed by atoms with van der Waals surface area (Å²) in [5.41, 5.74) is 1.99. The van der Waals surface area contributed by atoms with Gasteiger partial charge in [0, 0.05) is 50.0 Å². The van der Waals surface area contributed by atoms with Crippen molar-refractivity contribution in [2.45, 2.75) is 0 Å². The summed E-state index contributed by atoms with van der Waals surface area (Å²) in [7, 11) is 3.47. The summed E-state index contributed by atoms with van der Waals surface area (Å²) in [4.78, 5) is 11.8. The lowest BCUT2D eigenvalue weighted by Crippen LogP contribution is -1.88.